The number of nitrogens with one attached hydrogen (secondary N) is 2. The van der Waals surface area contributed by atoms with Gasteiger partial charge in [0.1, 0.15) is 0 Å². The SMILES string of the molecule is CCN(CCN)P(c1ccccc1)c1ccccc1.CCN(CCNCCN)CCNP(c1ccccc1)c1ccccc1.[C-]#[O+].[C-]#[O+].[C-]#[O+].[C-]#[O+].[C-]#[O+].[C-]#[O+].[C-]#[O+].[C-]#[O+].[C-]#[O+].[C-]#[O+].[Fe].[Fe].[Fe].[Fe].[S-]CC[S-].[S-]CC[S-]. The van der Waals surface area contributed by atoms with Crippen LogP contribution in [0, 0.1) is 66.5 Å². The fraction of sp³-hybridized carbons (Fsp3) is 0.320. The zero-order valence-corrected chi connectivity index (χ0v) is 51.0. The van der Waals surface area contributed by atoms with E-state index in [1.54, 1.807) is 0 Å². The maximum Gasteiger partial charge on any atom is 0 e. The van der Waals surface area contributed by atoms with E-state index in [0.717, 1.165) is 75.4 Å². The molecule has 0 unspecified atom stereocenters. The Hall–Kier alpha value is -1.62. The van der Waals surface area contributed by atoms with Crippen LogP contribution in [0.3, 0.4) is 0 Å². The quantitative estimate of drug-likeness (QED) is 0.0249. The second kappa shape index (κ2) is 113. The van der Waals surface area contributed by atoms with Crippen LogP contribution in [0.1, 0.15) is 13.8 Å². The number of likely N-dealkylation sites (N-methyl/N-ethyl adjacent to an activating group) is 2. The van der Waals surface area contributed by atoms with E-state index >= 15 is 0 Å². The van der Waals surface area contributed by atoms with E-state index in [-0.39, 0.29) is 68.3 Å². The van der Waals surface area contributed by atoms with Crippen molar-refractivity contribution < 1.29 is 115 Å². The first kappa shape index (κ1) is 110. The van der Waals surface area contributed by atoms with Crippen molar-refractivity contribution in [2.45, 2.75) is 13.8 Å². The summed E-state index contributed by atoms with van der Waals surface area (Å²) in [7, 11) is -0.981. The molecule has 0 aromatic heterocycles. The largest absolute Gasteiger partial charge is 0.794 e. The second-order valence-corrected chi connectivity index (χ2v) is 16.9. The predicted molar refractivity (Wildman–Crippen MR) is 285 cm³/mol. The molecule has 6 N–H and O–H groups in total. The van der Waals surface area contributed by atoms with Gasteiger partial charge in [0.05, 0.1) is 0 Å². The van der Waals surface area contributed by atoms with Crippen LogP contribution in [0.4, 0.5) is 0 Å². The Balaban J connectivity index is -0.0000000558. The molecule has 16 nitrogen and oxygen atoms in total. The molecule has 0 heterocycles. The Morgan fingerprint density at radius 2 is 0.671 bits per heavy atom. The van der Waals surface area contributed by atoms with Gasteiger partial charge in [-0.25, -0.2) is 0 Å². The van der Waals surface area contributed by atoms with Crippen LogP contribution in [-0.2, 0) is 165 Å². The Bertz CT molecular complexity index is 1650. The molecule has 0 aliphatic carbocycles. The van der Waals surface area contributed by atoms with Crippen LogP contribution in [0.5, 0.6) is 0 Å². The number of benzene rings is 4. The van der Waals surface area contributed by atoms with Crippen molar-refractivity contribution in [2.24, 2.45) is 11.5 Å². The summed E-state index contributed by atoms with van der Waals surface area (Å²) in [6.45, 7) is 58.8. The molecular weight excluding hydrogens is 1260 g/mol. The minimum atomic E-state index is -0.514. The average Bonchev–Trinajstić information content (AvgIpc) is 3.51. The average molecular weight is 1320 g/mol. The Labute approximate surface area is 519 Å². The molecule has 76 heavy (non-hydrogen) atoms. The zero-order valence-electron chi connectivity index (χ0n) is 41.5. The number of hydrogen-bond acceptors (Lipinski definition) is 10. The first-order valence-corrected chi connectivity index (χ1v) is 25.0. The predicted octanol–water partition coefficient (Wildman–Crippen LogP) is 3.58. The van der Waals surface area contributed by atoms with E-state index in [9.17, 15) is 0 Å². The zero-order chi connectivity index (χ0) is 58.1. The van der Waals surface area contributed by atoms with Crippen LogP contribution >= 0.6 is 16.1 Å². The van der Waals surface area contributed by atoms with Crippen molar-refractivity contribution >= 4 is 87.9 Å². The molecule has 0 aliphatic heterocycles. The topological polar surface area (TPSA) is 282 Å². The third-order valence-electron chi connectivity index (χ3n) is 7.30. The molecule has 0 atom stereocenters. The third-order valence-corrected chi connectivity index (χ3v) is 13.4. The number of hydrogen-bond donors (Lipinski definition) is 4. The van der Waals surface area contributed by atoms with E-state index in [2.05, 4.69) is 272 Å². The molecule has 0 saturated heterocycles. The van der Waals surface area contributed by atoms with Gasteiger partial charge in [-0.1, -0.05) is 135 Å². The standard InChI is InChI=1S/C20H31N4P.C16H21N2P.2C2H6S2.10CO.4Fe/c1-2-24(17-15-22-14-13-21)18-16-23-25(19-9-5-3-6-10-19)20-11-7-4-8-12-20;1-2-18(14-13-17)19(15-9-5-3-6-10-15)16-11-7-4-8-12-16;2*3-1-2-4;10*1-2;;;;/h3-12,22-23H,2,13-18,21H2,1H3;3-12H,2,13-14,17H2,1H3;2*3-4H,1-2H2;;;;;;;;;;;;;;/p-4. The Morgan fingerprint density at radius 1 is 0.395 bits per heavy atom. The van der Waals surface area contributed by atoms with E-state index in [1.165, 1.54) is 21.2 Å². The van der Waals surface area contributed by atoms with Crippen molar-refractivity contribution in [2.75, 3.05) is 88.5 Å². The summed E-state index contributed by atoms with van der Waals surface area (Å²) in [5.74, 6) is 2.87. The van der Waals surface area contributed by atoms with Crippen LogP contribution in [0.2, 0.25) is 0 Å². The van der Waals surface area contributed by atoms with E-state index in [0.29, 0.717) is 13.1 Å². The molecule has 26 heteroatoms. The first-order valence-electron chi connectivity index (χ1n) is 20.0. The third kappa shape index (κ3) is 72.4. The van der Waals surface area contributed by atoms with Crippen molar-refractivity contribution in [3.8, 4) is 0 Å². The summed E-state index contributed by atoms with van der Waals surface area (Å²) in [5.41, 5.74) is 11.3. The van der Waals surface area contributed by atoms with Gasteiger partial charge in [-0.15, -0.1) is 0 Å². The molecule has 4 aromatic carbocycles. The van der Waals surface area contributed by atoms with Crippen LogP contribution in [0.15, 0.2) is 121 Å². The van der Waals surface area contributed by atoms with Gasteiger partial charge in [0.2, 0.25) is 0 Å². The van der Waals surface area contributed by atoms with Crippen molar-refractivity contribution in [3.63, 3.8) is 0 Å². The molecule has 0 aliphatic rings. The van der Waals surface area contributed by atoms with Gasteiger partial charge in [-0.3, -0.25) is 9.76 Å². The van der Waals surface area contributed by atoms with Gasteiger partial charge in [-0.2, -0.15) is 23.0 Å². The Morgan fingerprint density at radius 3 is 0.908 bits per heavy atom. The van der Waals surface area contributed by atoms with E-state index < -0.39 is 16.1 Å². The minimum Gasteiger partial charge on any atom is -0.794 e. The fourth-order valence-electron chi connectivity index (χ4n) is 4.86. The Kier molecular flexibility index (Phi) is 163. The molecule has 0 spiro atoms. The van der Waals surface area contributed by atoms with E-state index in [1.807, 2.05) is 0 Å². The normalized spacial score (nSPS) is 7.58. The van der Waals surface area contributed by atoms with Crippen LogP contribution < -0.4 is 43.1 Å². The number of rotatable bonds is 20. The molecule has 420 valence electrons. The number of nitrogens with two attached hydrogens (primary N) is 2. The summed E-state index contributed by atoms with van der Waals surface area (Å²) in [6, 6.07) is 43.0. The van der Waals surface area contributed by atoms with Crippen molar-refractivity contribution in [3.05, 3.63) is 188 Å². The van der Waals surface area contributed by atoms with Gasteiger partial charge in [0.15, 0.2) is 0 Å². The fourth-order valence-corrected chi connectivity index (χ4v) is 9.25. The smallest absolute Gasteiger partial charge is 0 e. The molecule has 0 radical (unpaired) electrons. The molecule has 4 rings (SSSR count). The summed E-state index contributed by atoms with van der Waals surface area (Å²) in [5, 5.41) is 12.7. The summed E-state index contributed by atoms with van der Waals surface area (Å²) in [6.07, 6.45) is 0. The van der Waals surface area contributed by atoms with Gasteiger partial charge < -0.3 is 72.2 Å². The van der Waals surface area contributed by atoms with E-state index in [4.69, 9.17) is 58.0 Å². The molecule has 0 amide bonds. The van der Waals surface area contributed by atoms with Crippen LogP contribution in [-0.4, -0.2) is 98.0 Å². The maximum atomic E-state index is 7.50. The van der Waals surface area contributed by atoms with Crippen LogP contribution in [0.25, 0.3) is 0 Å². The first-order chi connectivity index (χ1) is 35.5. The van der Waals surface area contributed by atoms with Gasteiger partial charge in [-0.05, 0) is 34.3 Å². The summed E-state index contributed by atoms with van der Waals surface area (Å²) >= 11 is 17.8. The summed E-state index contributed by atoms with van der Waals surface area (Å²) in [4.78, 5) is 2.47. The van der Waals surface area contributed by atoms with Gasteiger partial charge in [0.25, 0.3) is 0 Å². The molecule has 4 aromatic rings. The maximum absolute atomic E-state index is 7.50. The molecule has 0 fully saturated rings. The molecule has 0 saturated carbocycles. The van der Waals surface area contributed by atoms with Crippen molar-refractivity contribution in [1.29, 1.82) is 0 Å². The van der Waals surface area contributed by atoms with Gasteiger partial charge >= 0.3 is 113 Å². The number of nitrogens with zero attached hydrogens (tertiary/aromatic N) is 2. The van der Waals surface area contributed by atoms with Crippen molar-refractivity contribution in [1.82, 2.24) is 20.0 Å². The van der Waals surface area contributed by atoms with Gasteiger partial charge in [0, 0.05) is 137 Å². The second-order valence-electron chi connectivity index (χ2n) is 11.0. The summed E-state index contributed by atoms with van der Waals surface area (Å²) < 4.78 is 77.5. The molecule has 0 bridgehead atoms. The monoisotopic (exact) mass is 1320 g/mol. The molecular formula is C50H60Fe4N6O10P2S4-4. The minimum absolute atomic E-state index is 0.